The molecule has 1 aromatic heterocycles. The standard InChI is InChI=1S/C22H31N3O3/c1-14(2)20-24-21(28-25-20)18(15-8-10-26-11-9-15)23-13-17-7-5-6-16-12-22(3,4)27-19(16)17/h5-7,14-15,18,23H,8-13H2,1-4H3/t18-/m1/s1. The Morgan fingerprint density at radius 2 is 2.00 bits per heavy atom. The molecule has 6 nitrogen and oxygen atoms in total. The van der Waals surface area contributed by atoms with Crippen LogP contribution in [0.25, 0.3) is 0 Å². The fourth-order valence-corrected chi connectivity index (χ4v) is 4.15. The molecule has 2 aromatic rings. The van der Waals surface area contributed by atoms with E-state index < -0.39 is 0 Å². The van der Waals surface area contributed by atoms with E-state index in [4.69, 9.17) is 14.0 Å². The van der Waals surface area contributed by atoms with Gasteiger partial charge in [-0.3, -0.25) is 0 Å². The van der Waals surface area contributed by atoms with Crippen LogP contribution in [0.1, 0.15) is 75.3 Å². The second kappa shape index (κ2) is 7.84. The predicted octanol–water partition coefficient (Wildman–Crippen LogP) is 4.16. The van der Waals surface area contributed by atoms with E-state index in [1.165, 1.54) is 11.1 Å². The molecule has 0 saturated carbocycles. The van der Waals surface area contributed by atoms with E-state index in [9.17, 15) is 0 Å². The summed E-state index contributed by atoms with van der Waals surface area (Å²) in [5.41, 5.74) is 2.33. The van der Waals surface area contributed by atoms with Crippen LogP contribution in [-0.4, -0.2) is 29.0 Å². The zero-order valence-electron chi connectivity index (χ0n) is 17.3. The van der Waals surface area contributed by atoms with Crippen molar-refractivity contribution in [3.8, 4) is 5.75 Å². The van der Waals surface area contributed by atoms with E-state index >= 15 is 0 Å². The lowest BCUT2D eigenvalue weighted by Crippen LogP contribution is -2.32. The fourth-order valence-electron chi connectivity index (χ4n) is 4.15. The average molecular weight is 386 g/mol. The summed E-state index contributed by atoms with van der Waals surface area (Å²) in [5.74, 6) is 3.15. The maximum absolute atomic E-state index is 6.23. The molecule has 1 atom stereocenters. The van der Waals surface area contributed by atoms with Gasteiger partial charge in [0.1, 0.15) is 11.4 Å². The van der Waals surface area contributed by atoms with Crippen molar-refractivity contribution in [2.75, 3.05) is 13.2 Å². The molecule has 6 heteroatoms. The number of nitrogens with zero attached hydrogens (tertiary/aromatic N) is 2. The van der Waals surface area contributed by atoms with Crippen molar-refractivity contribution < 1.29 is 14.0 Å². The van der Waals surface area contributed by atoms with Gasteiger partial charge >= 0.3 is 0 Å². The van der Waals surface area contributed by atoms with Crippen LogP contribution < -0.4 is 10.1 Å². The summed E-state index contributed by atoms with van der Waals surface area (Å²) in [5, 5.41) is 7.88. The highest BCUT2D eigenvalue weighted by atomic mass is 16.5. The molecular formula is C22H31N3O3. The monoisotopic (exact) mass is 385 g/mol. The predicted molar refractivity (Wildman–Crippen MR) is 106 cm³/mol. The maximum atomic E-state index is 6.23. The van der Waals surface area contributed by atoms with Crippen molar-refractivity contribution in [3.63, 3.8) is 0 Å². The average Bonchev–Trinajstić information content (AvgIpc) is 3.26. The summed E-state index contributed by atoms with van der Waals surface area (Å²) in [6.45, 7) is 10.7. The molecule has 152 valence electrons. The highest BCUT2D eigenvalue weighted by Crippen LogP contribution is 2.38. The van der Waals surface area contributed by atoms with Crippen LogP contribution in [0, 0.1) is 5.92 Å². The van der Waals surface area contributed by atoms with Crippen molar-refractivity contribution in [3.05, 3.63) is 41.0 Å². The Morgan fingerprint density at radius 1 is 1.21 bits per heavy atom. The van der Waals surface area contributed by atoms with Gasteiger partial charge in [0.25, 0.3) is 0 Å². The molecule has 28 heavy (non-hydrogen) atoms. The van der Waals surface area contributed by atoms with Gasteiger partial charge in [0.2, 0.25) is 5.89 Å². The van der Waals surface area contributed by atoms with Crippen LogP contribution in [0.15, 0.2) is 22.7 Å². The van der Waals surface area contributed by atoms with Crippen LogP contribution in [-0.2, 0) is 17.7 Å². The first-order valence-corrected chi connectivity index (χ1v) is 10.4. The minimum Gasteiger partial charge on any atom is -0.487 e. The van der Waals surface area contributed by atoms with E-state index in [1.54, 1.807) is 0 Å². The van der Waals surface area contributed by atoms with Gasteiger partial charge in [0, 0.05) is 37.7 Å². The van der Waals surface area contributed by atoms with E-state index in [0.717, 1.165) is 44.1 Å². The van der Waals surface area contributed by atoms with Crippen LogP contribution in [0.4, 0.5) is 0 Å². The highest BCUT2D eigenvalue weighted by molar-refractivity contribution is 5.45. The third-order valence-corrected chi connectivity index (χ3v) is 5.66. The topological polar surface area (TPSA) is 69.4 Å². The van der Waals surface area contributed by atoms with Gasteiger partial charge in [0.05, 0.1) is 6.04 Å². The number of aromatic nitrogens is 2. The minimum absolute atomic E-state index is 0.0224. The number of para-hydroxylation sites is 1. The Kier molecular flexibility index (Phi) is 5.43. The first kappa shape index (κ1) is 19.4. The summed E-state index contributed by atoms with van der Waals surface area (Å²) < 4.78 is 17.5. The molecule has 1 N–H and O–H groups in total. The van der Waals surface area contributed by atoms with Crippen molar-refractivity contribution in [2.45, 2.75) is 71.1 Å². The molecule has 3 heterocycles. The van der Waals surface area contributed by atoms with Crippen molar-refractivity contribution in [2.24, 2.45) is 5.92 Å². The van der Waals surface area contributed by atoms with Gasteiger partial charge in [-0.2, -0.15) is 4.98 Å². The van der Waals surface area contributed by atoms with Crippen LogP contribution in [0.2, 0.25) is 0 Å². The van der Waals surface area contributed by atoms with Gasteiger partial charge in [-0.1, -0.05) is 37.2 Å². The summed E-state index contributed by atoms with van der Waals surface area (Å²) >= 11 is 0. The van der Waals surface area contributed by atoms with Gasteiger partial charge < -0.3 is 19.3 Å². The quantitative estimate of drug-likeness (QED) is 0.805. The van der Waals surface area contributed by atoms with Crippen molar-refractivity contribution >= 4 is 0 Å². The van der Waals surface area contributed by atoms with Gasteiger partial charge in [-0.25, -0.2) is 0 Å². The van der Waals surface area contributed by atoms with Crippen LogP contribution in [0.3, 0.4) is 0 Å². The summed E-state index contributed by atoms with van der Waals surface area (Å²) in [6, 6.07) is 6.44. The lowest BCUT2D eigenvalue weighted by molar-refractivity contribution is 0.0484. The Labute approximate surface area is 167 Å². The lowest BCUT2D eigenvalue weighted by atomic mass is 9.91. The first-order valence-electron chi connectivity index (χ1n) is 10.4. The molecule has 0 aliphatic carbocycles. The number of hydrogen-bond donors (Lipinski definition) is 1. The van der Waals surface area contributed by atoms with E-state index in [1.807, 2.05) is 0 Å². The minimum atomic E-state index is -0.142. The Balaban J connectivity index is 1.54. The summed E-state index contributed by atoms with van der Waals surface area (Å²) in [4.78, 5) is 4.68. The molecule has 0 amide bonds. The highest BCUT2D eigenvalue weighted by Gasteiger charge is 2.33. The molecule has 2 aliphatic heterocycles. The second-order valence-corrected chi connectivity index (χ2v) is 8.90. The zero-order valence-corrected chi connectivity index (χ0v) is 17.3. The number of rotatable bonds is 6. The summed E-state index contributed by atoms with van der Waals surface area (Å²) in [7, 11) is 0. The van der Waals surface area contributed by atoms with E-state index in [2.05, 4.69) is 61.4 Å². The molecule has 1 aromatic carbocycles. The molecule has 1 fully saturated rings. The molecule has 0 spiro atoms. The molecule has 2 aliphatic rings. The molecule has 4 rings (SSSR count). The molecule has 0 radical (unpaired) electrons. The maximum Gasteiger partial charge on any atom is 0.244 e. The van der Waals surface area contributed by atoms with Crippen LogP contribution in [0.5, 0.6) is 5.75 Å². The number of hydrogen-bond acceptors (Lipinski definition) is 6. The number of fused-ring (bicyclic) bond motifs is 1. The Hall–Kier alpha value is -1.92. The zero-order chi connectivity index (χ0) is 19.7. The van der Waals surface area contributed by atoms with E-state index in [0.29, 0.717) is 18.4 Å². The van der Waals surface area contributed by atoms with Gasteiger partial charge in [-0.05, 0) is 38.2 Å². The Morgan fingerprint density at radius 3 is 2.71 bits per heavy atom. The first-order chi connectivity index (χ1) is 13.4. The molecule has 1 saturated heterocycles. The molecule has 0 unspecified atom stereocenters. The van der Waals surface area contributed by atoms with Crippen molar-refractivity contribution in [1.29, 1.82) is 0 Å². The Bertz CT molecular complexity index is 809. The van der Waals surface area contributed by atoms with E-state index in [-0.39, 0.29) is 17.6 Å². The number of nitrogens with one attached hydrogen (secondary N) is 1. The van der Waals surface area contributed by atoms with Gasteiger partial charge in [0.15, 0.2) is 5.82 Å². The summed E-state index contributed by atoms with van der Waals surface area (Å²) in [6.07, 6.45) is 2.93. The smallest absolute Gasteiger partial charge is 0.244 e. The molecule has 0 bridgehead atoms. The fraction of sp³-hybridized carbons (Fsp3) is 0.636. The lowest BCUT2D eigenvalue weighted by Gasteiger charge is -2.29. The number of ether oxygens (including phenoxy) is 2. The third kappa shape index (κ3) is 4.08. The number of benzene rings is 1. The normalized spacial score (nSPS) is 20.2. The molecular weight excluding hydrogens is 354 g/mol. The second-order valence-electron chi connectivity index (χ2n) is 8.90. The van der Waals surface area contributed by atoms with Crippen LogP contribution >= 0.6 is 0 Å². The SMILES string of the molecule is CC(C)c1noc([C@H](NCc2cccc3c2OC(C)(C)C3)C2CCOCC2)n1. The largest absolute Gasteiger partial charge is 0.487 e. The van der Waals surface area contributed by atoms with Gasteiger partial charge in [-0.15, -0.1) is 0 Å². The van der Waals surface area contributed by atoms with Crippen molar-refractivity contribution in [1.82, 2.24) is 15.5 Å². The third-order valence-electron chi connectivity index (χ3n) is 5.66.